The van der Waals surface area contributed by atoms with Crippen LogP contribution < -0.4 is 5.32 Å². The molecule has 1 fully saturated rings. The molecule has 4 aromatic rings. The summed E-state index contributed by atoms with van der Waals surface area (Å²) in [5.74, 6) is 0.120. The van der Waals surface area contributed by atoms with Gasteiger partial charge in [-0.3, -0.25) is 4.79 Å². The Labute approximate surface area is 201 Å². The monoisotopic (exact) mass is 497 g/mol. The van der Waals surface area contributed by atoms with Crippen molar-refractivity contribution in [3.8, 4) is 11.5 Å². The number of hydrogen-bond acceptors (Lipinski definition) is 7. The van der Waals surface area contributed by atoms with Gasteiger partial charge >= 0.3 is 0 Å². The van der Waals surface area contributed by atoms with E-state index < -0.39 is 15.3 Å². The maximum absolute atomic E-state index is 12.7. The van der Waals surface area contributed by atoms with E-state index in [9.17, 15) is 13.2 Å². The number of rotatable bonds is 7. The van der Waals surface area contributed by atoms with Crippen LogP contribution in [-0.2, 0) is 14.8 Å². The molecular weight excluding hydrogens is 474 g/mol. The molecule has 1 atom stereocenters. The van der Waals surface area contributed by atoms with Crippen LogP contribution in [0.15, 0.2) is 69.3 Å². The van der Waals surface area contributed by atoms with E-state index in [0.29, 0.717) is 24.7 Å². The number of aromatic nitrogens is 3. The second-order valence-corrected chi connectivity index (χ2v) is 11.2. The van der Waals surface area contributed by atoms with Crippen LogP contribution in [0.3, 0.4) is 0 Å². The molecule has 11 heteroatoms. The minimum Gasteiger partial charge on any atom is -0.411 e. The normalized spacial score (nSPS) is 15.6. The quantitative estimate of drug-likeness (QED) is 0.368. The number of H-pyrrole nitrogens is 1. The van der Waals surface area contributed by atoms with Gasteiger partial charge in [0.2, 0.25) is 15.9 Å². The number of sulfonamides is 1. The lowest BCUT2D eigenvalue weighted by molar-refractivity contribution is -0.115. The van der Waals surface area contributed by atoms with Gasteiger partial charge in [-0.1, -0.05) is 30.0 Å². The molecule has 176 valence electrons. The van der Waals surface area contributed by atoms with E-state index >= 15 is 0 Å². The van der Waals surface area contributed by atoms with Crippen molar-refractivity contribution in [2.75, 3.05) is 18.4 Å². The molecule has 5 rings (SSSR count). The zero-order valence-corrected chi connectivity index (χ0v) is 20.0. The van der Waals surface area contributed by atoms with E-state index in [1.54, 1.807) is 19.1 Å². The lowest BCUT2D eigenvalue weighted by Gasteiger charge is -2.16. The SMILES string of the molecule is C[C@@H](Sc1nnc(-c2c[nH]c3ccccc23)o1)C(=O)Nc1ccc(S(=O)(=O)N2CCCC2)cc1. The van der Waals surface area contributed by atoms with Gasteiger partial charge < -0.3 is 14.7 Å². The third-order valence-electron chi connectivity index (χ3n) is 5.70. The number of hydrogen-bond donors (Lipinski definition) is 2. The van der Waals surface area contributed by atoms with Crippen LogP contribution >= 0.6 is 11.8 Å². The molecule has 0 bridgehead atoms. The van der Waals surface area contributed by atoms with Crippen molar-refractivity contribution in [3.05, 3.63) is 54.7 Å². The van der Waals surface area contributed by atoms with Gasteiger partial charge in [-0.2, -0.15) is 4.31 Å². The lowest BCUT2D eigenvalue weighted by atomic mass is 10.2. The average molecular weight is 498 g/mol. The number of thioether (sulfide) groups is 1. The summed E-state index contributed by atoms with van der Waals surface area (Å²) in [4.78, 5) is 16.1. The van der Waals surface area contributed by atoms with Crippen molar-refractivity contribution >= 4 is 44.3 Å². The Balaban J connectivity index is 1.22. The molecule has 0 aliphatic carbocycles. The number of anilines is 1. The van der Waals surface area contributed by atoms with Crippen LogP contribution in [0.5, 0.6) is 0 Å². The molecule has 3 heterocycles. The summed E-state index contributed by atoms with van der Waals surface area (Å²) in [5.41, 5.74) is 2.29. The lowest BCUT2D eigenvalue weighted by Crippen LogP contribution is -2.27. The van der Waals surface area contributed by atoms with Crippen molar-refractivity contribution in [2.45, 2.75) is 35.1 Å². The fraction of sp³-hybridized carbons (Fsp3) is 0.261. The van der Waals surface area contributed by atoms with E-state index in [1.807, 2.05) is 30.5 Å². The van der Waals surface area contributed by atoms with Crippen LogP contribution in [0.25, 0.3) is 22.4 Å². The number of benzene rings is 2. The zero-order chi connectivity index (χ0) is 23.7. The van der Waals surface area contributed by atoms with Crippen molar-refractivity contribution in [2.24, 2.45) is 0 Å². The average Bonchev–Trinajstić information content (AvgIpc) is 3.60. The van der Waals surface area contributed by atoms with Gasteiger partial charge in [0.25, 0.3) is 11.1 Å². The fourth-order valence-corrected chi connectivity index (χ4v) is 6.05. The summed E-state index contributed by atoms with van der Waals surface area (Å²) in [6.45, 7) is 2.84. The summed E-state index contributed by atoms with van der Waals surface area (Å²) in [5, 5.41) is 11.7. The molecule has 9 nitrogen and oxygen atoms in total. The third kappa shape index (κ3) is 4.46. The Morgan fingerprint density at radius 1 is 1.12 bits per heavy atom. The number of nitrogens with one attached hydrogen (secondary N) is 2. The number of para-hydroxylation sites is 1. The highest BCUT2D eigenvalue weighted by Gasteiger charge is 2.27. The first kappa shape index (κ1) is 22.6. The second kappa shape index (κ2) is 9.24. The molecule has 0 unspecified atom stereocenters. The minimum atomic E-state index is -3.48. The molecule has 0 spiro atoms. The maximum atomic E-state index is 12.7. The molecule has 1 aliphatic heterocycles. The van der Waals surface area contributed by atoms with Crippen molar-refractivity contribution in [3.63, 3.8) is 0 Å². The molecule has 1 aliphatic rings. The number of carbonyl (C=O) groups is 1. The predicted molar refractivity (Wildman–Crippen MR) is 130 cm³/mol. The highest BCUT2D eigenvalue weighted by Crippen LogP contribution is 2.31. The van der Waals surface area contributed by atoms with Gasteiger partial charge in [0.05, 0.1) is 15.7 Å². The predicted octanol–water partition coefficient (Wildman–Crippen LogP) is 4.12. The van der Waals surface area contributed by atoms with Crippen LogP contribution in [0.4, 0.5) is 5.69 Å². The summed E-state index contributed by atoms with van der Waals surface area (Å²) in [7, 11) is -3.48. The van der Waals surface area contributed by atoms with Gasteiger partial charge in [-0.05, 0) is 50.1 Å². The first-order valence-corrected chi connectivity index (χ1v) is 13.2. The summed E-state index contributed by atoms with van der Waals surface area (Å²) in [6, 6.07) is 14.0. The van der Waals surface area contributed by atoms with Crippen LogP contribution in [-0.4, -0.2) is 52.2 Å². The van der Waals surface area contributed by atoms with Gasteiger partial charge in [0.1, 0.15) is 0 Å². The summed E-state index contributed by atoms with van der Waals surface area (Å²) >= 11 is 1.15. The van der Waals surface area contributed by atoms with Crippen molar-refractivity contribution in [1.82, 2.24) is 19.5 Å². The molecule has 2 N–H and O–H groups in total. The standard InChI is InChI=1S/C23H23N5O4S2/c1-15(33-23-27-26-22(32-23)19-14-24-20-7-3-2-6-18(19)20)21(29)25-16-8-10-17(11-9-16)34(30,31)28-12-4-5-13-28/h2-3,6-11,14-15,24H,4-5,12-13H2,1H3,(H,25,29)/t15-/m1/s1. The topological polar surface area (TPSA) is 121 Å². The van der Waals surface area contributed by atoms with E-state index in [0.717, 1.165) is 41.1 Å². The summed E-state index contributed by atoms with van der Waals surface area (Å²) in [6.07, 6.45) is 3.58. The van der Waals surface area contributed by atoms with Gasteiger partial charge in [0.15, 0.2) is 0 Å². The number of amides is 1. The summed E-state index contributed by atoms with van der Waals surface area (Å²) < 4.78 is 32.6. The second-order valence-electron chi connectivity index (χ2n) is 8.01. The Bertz CT molecular complexity index is 1420. The molecule has 2 aromatic carbocycles. The zero-order valence-electron chi connectivity index (χ0n) is 18.4. The molecule has 34 heavy (non-hydrogen) atoms. The van der Waals surface area contributed by atoms with Crippen LogP contribution in [0.2, 0.25) is 0 Å². The maximum Gasteiger partial charge on any atom is 0.277 e. The van der Waals surface area contributed by atoms with Crippen LogP contribution in [0.1, 0.15) is 19.8 Å². The van der Waals surface area contributed by atoms with Crippen molar-refractivity contribution in [1.29, 1.82) is 0 Å². The van der Waals surface area contributed by atoms with Crippen LogP contribution in [0, 0.1) is 0 Å². The molecule has 1 amide bonds. The smallest absolute Gasteiger partial charge is 0.277 e. The Morgan fingerprint density at radius 2 is 1.85 bits per heavy atom. The largest absolute Gasteiger partial charge is 0.411 e. The number of fused-ring (bicyclic) bond motifs is 1. The van der Waals surface area contributed by atoms with Gasteiger partial charge in [-0.15, -0.1) is 10.2 Å². The number of carbonyl (C=O) groups excluding carboxylic acids is 1. The number of nitrogens with zero attached hydrogens (tertiary/aromatic N) is 3. The fourth-order valence-electron chi connectivity index (χ4n) is 3.85. The van der Waals surface area contributed by atoms with E-state index in [4.69, 9.17) is 4.42 Å². The Kier molecular flexibility index (Phi) is 6.15. The first-order valence-electron chi connectivity index (χ1n) is 10.9. The molecule has 0 saturated carbocycles. The van der Waals surface area contributed by atoms with E-state index in [1.165, 1.54) is 16.4 Å². The van der Waals surface area contributed by atoms with E-state index in [-0.39, 0.29) is 16.0 Å². The van der Waals surface area contributed by atoms with Gasteiger partial charge in [-0.25, -0.2) is 8.42 Å². The molecule has 0 radical (unpaired) electrons. The van der Waals surface area contributed by atoms with Gasteiger partial charge in [0, 0.05) is 35.9 Å². The highest BCUT2D eigenvalue weighted by atomic mass is 32.2. The Hall–Kier alpha value is -3.15. The Morgan fingerprint density at radius 3 is 2.62 bits per heavy atom. The molecule has 2 aromatic heterocycles. The first-order chi connectivity index (χ1) is 16.4. The minimum absolute atomic E-state index is 0.227. The third-order valence-corrected chi connectivity index (χ3v) is 8.54. The number of aromatic amines is 1. The highest BCUT2D eigenvalue weighted by molar-refractivity contribution is 8.00. The van der Waals surface area contributed by atoms with Crippen molar-refractivity contribution < 1.29 is 17.6 Å². The van der Waals surface area contributed by atoms with E-state index in [2.05, 4.69) is 20.5 Å². The molecule has 1 saturated heterocycles. The molecular formula is C23H23N5O4S2.